The fraction of sp³-hybridized carbons (Fsp3) is 0.429. The Morgan fingerprint density at radius 3 is 2.59 bits per heavy atom. The van der Waals surface area contributed by atoms with E-state index in [4.69, 9.17) is 14.5 Å². The molecule has 2 aliphatic rings. The molecular weight excluding hydrogens is 468 g/mol. The number of benzene rings is 2. The largest absolute Gasteiger partial charge is 0.392 e. The lowest BCUT2D eigenvalue weighted by atomic mass is 10.1. The average molecular weight is 505 g/mol. The third-order valence-electron chi connectivity index (χ3n) is 7.04. The van der Waals surface area contributed by atoms with E-state index in [9.17, 15) is 5.11 Å². The normalized spacial score (nSPS) is 18.1. The highest BCUT2D eigenvalue weighted by atomic mass is 16.5. The first-order valence-corrected chi connectivity index (χ1v) is 12.9. The summed E-state index contributed by atoms with van der Waals surface area (Å²) < 4.78 is 11.3. The van der Waals surface area contributed by atoms with E-state index in [2.05, 4.69) is 52.1 Å². The van der Waals surface area contributed by atoms with E-state index in [0.29, 0.717) is 12.0 Å². The predicted molar refractivity (Wildman–Crippen MR) is 148 cm³/mol. The Morgan fingerprint density at radius 2 is 1.81 bits per heavy atom. The fourth-order valence-electron chi connectivity index (χ4n) is 4.91. The van der Waals surface area contributed by atoms with Gasteiger partial charge >= 0.3 is 0 Å². The van der Waals surface area contributed by atoms with Crippen LogP contribution in [0.3, 0.4) is 0 Å². The molecule has 2 aromatic carbocycles. The Balaban J connectivity index is 1.44. The van der Waals surface area contributed by atoms with Crippen LogP contribution in [0.4, 0.5) is 34.5 Å². The number of hydrogen-bond donors (Lipinski definition) is 2. The van der Waals surface area contributed by atoms with Crippen molar-refractivity contribution in [3.63, 3.8) is 0 Å². The van der Waals surface area contributed by atoms with Gasteiger partial charge in [-0.1, -0.05) is 12.1 Å². The maximum atomic E-state index is 9.59. The molecule has 1 unspecified atom stereocenters. The molecule has 3 aromatic rings. The molecule has 0 spiro atoms. The Kier molecular flexibility index (Phi) is 7.73. The molecule has 0 bridgehead atoms. The standard InChI is InChI=1S/C28H36N6O3/c1-20-4-5-22(18-35)14-26(20)32(3)27-6-7-29-28(31-27)30-23-15-24(33-8-11-36-12-9-33)17-25(16-23)34-10-13-37-19-21(34)2/h4-7,14-17,21,35H,8-13,18-19H2,1-3H3,(H,29,30,31). The molecule has 5 rings (SSSR count). The van der Waals surface area contributed by atoms with Crippen molar-refractivity contribution in [2.45, 2.75) is 26.5 Å². The first kappa shape index (κ1) is 25.3. The van der Waals surface area contributed by atoms with Crippen LogP contribution in [0.25, 0.3) is 0 Å². The van der Waals surface area contributed by atoms with Gasteiger partial charge in [0.1, 0.15) is 5.82 Å². The lowest BCUT2D eigenvalue weighted by Crippen LogP contribution is -2.44. The Morgan fingerprint density at radius 1 is 1.03 bits per heavy atom. The molecule has 2 N–H and O–H groups in total. The molecule has 0 aliphatic carbocycles. The highest BCUT2D eigenvalue weighted by Crippen LogP contribution is 2.32. The average Bonchev–Trinajstić information content (AvgIpc) is 2.93. The second-order valence-corrected chi connectivity index (χ2v) is 9.66. The van der Waals surface area contributed by atoms with Gasteiger partial charge in [0, 0.05) is 61.7 Å². The van der Waals surface area contributed by atoms with E-state index in [1.54, 1.807) is 6.20 Å². The van der Waals surface area contributed by atoms with Crippen molar-refractivity contribution in [1.82, 2.24) is 9.97 Å². The molecule has 3 heterocycles. The minimum atomic E-state index is 0.00127. The third-order valence-corrected chi connectivity index (χ3v) is 7.04. The number of nitrogens with one attached hydrogen (secondary N) is 1. The predicted octanol–water partition coefficient (Wildman–Crippen LogP) is 3.85. The number of aliphatic hydroxyl groups is 1. The van der Waals surface area contributed by atoms with Gasteiger partial charge in [-0.15, -0.1) is 0 Å². The minimum Gasteiger partial charge on any atom is -0.392 e. The van der Waals surface area contributed by atoms with Gasteiger partial charge in [0.15, 0.2) is 0 Å². The number of rotatable bonds is 7. The van der Waals surface area contributed by atoms with E-state index in [1.807, 2.05) is 36.2 Å². The molecule has 9 nitrogen and oxygen atoms in total. The lowest BCUT2D eigenvalue weighted by Gasteiger charge is -2.37. The van der Waals surface area contributed by atoms with Gasteiger partial charge in [0.05, 0.1) is 33.0 Å². The number of aryl methyl sites for hydroxylation is 1. The lowest BCUT2D eigenvalue weighted by molar-refractivity contribution is 0.0989. The molecule has 0 radical (unpaired) electrons. The molecule has 1 aromatic heterocycles. The smallest absolute Gasteiger partial charge is 0.229 e. The number of ether oxygens (including phenoxy) is 2. The van der Waals surface area contributed by atoms with Gasteiger partial charge in [0.25, 0.3) is 0 Å². The van der Waals surface area contributed by atoms with Gasteiger partial charge in [-0.25, -0.2) is 4.98 Å². The maximum absolute atomic E-state index is 9.59. The summed E-state index contributed by atoms with van der Waals surface area (Å²) in [5.41, 5.74) is 6.23. The number of aromatic nitrogens is 2. The SMILES string of the molecule is Cc1ccc(CO)cc1N(C)c1ccnc(Nc2cc(N3CCOCC3)cc(N3CCOCC3C)c2)n1. The van der Waals surface area contributed by atoms with Gasteiger partial charge in [0.2, 0.25) is 5.95 Å². The van der Waals surface area contributed by atoms with E-state index >= 15 is 0 Å². The van der Waals surface area contributed by atoms with Crippen LogP contribution < -0.4 is 20.0 Å². The number of anilines is 6. The van der Waals surface area contributed by atoms with Crippen LogP contribution in [0, 0.1) is 6.92 Å². The van der Waals surface area contributed by atoms with Crippen molar-refractivity contribution in [1.29, 1.82) is 0 Å². The number of morpholine rings is 2. The van der Waals surface area contributed by atoms with E-state index in [1.165, 1.54) is 0 Å². The Bertz CT molecular complexity index is 1220. The molecule has 196 valence electrons. The molecule has 9 heteroatoms. The molecule has 1 atom stereocenters. The molecule has 37 heavy (non-hydrogen) atoms. The van der Waals surface area contributed by atoms with E-state index < -0.39 is 0 Å². The zero-order chi connectivity index (χ0) is 25.8. The second kappa shape index (κ2) is 11.3. The fourth-order valence-corrected chi connectivity index (χ4v) is 4.91. The van der Waals surface area contributed by atoms with E-state index in [-0.39, 0.29) is 6.61 Å². The number of aliphatic hydroxyl groups excluding tert-OH is 1. The van der Waals surface area contributed by atoms with E-state index in [0.717, 1.165) is 85.8 Å². The second-order valence-electron chi connectivity index (χ2n) is 9.66. The van der Waals surface area contributed by atoms with Gasteiger partial charge in [-0.2, -0.15) is 4.98 Å². The van der Waals surface area contributed by atoms with Crippen molar-refractivity contribution in [3.8, 4) is 0 Å². The summed E-state index contributed by atoms with van der Waals surface area (Å²) in [6.45, 7) is 9.75. The summed E-state index contributed by atoms with van der Waals surface area (Å²) >= 11 is 0. The van der Waals surface area contributed by atoms with Crippen molar-refractivity contribution in [2.75, 3.05) is 73.1 Å². The number of hydrogen-bond acceptors (Lipinski definition) is 9. The molecular formula is C28H36N6O3. The zero-order valence-corrected chi connectivity index (χ0v) is 21.9. The molecule has 2 saturated heterocycles. The quantitative estimate of drug-likeness (QED) is 0.498. The van der Waals surface area contributed by atoms with Crippen molar-refractivity contribution in [2.24, 2.45) is 0 Å². The maximum Gasteiger partial charge on any atom is 0.229 e. The van der Waals surface area contributed by atoms with Gasteiger partial charge in [-0.3, -0.25) is 0 Å². The monoisotopic (exact) mass is 504 g/mol. The molecule has 0 saturated carbocycles. The van der Waals surface area contributed by atoms with Crippen molar-refractivity contribution in [3.05, 3.63) is 59.8 Å². The van der Waals surface area contributed by atoms with Gasteiger partial charge in [-0.05, 0) is 55.3 Å². The summed E-state index contributed by atoms with van der Waals surface area (Å²) in [6, 6.07) is 14.7. The summed E-state index contributed by atoms with van der Waals surface area (Å²) in [4.78, 5) is 16.1. The minimum absolute atomic E-state index is 0.00127. The third kappa shape index (κ3) is 5.79. The van der Waals surface area contributed by atoms with Crippen LogP contribution >= 0.6 is 0 Å². The summed E-state index contributed by atoms with van der Waals surface area (Å²) in [7, 11) is 1.98. The topological polar surface area (TPSA) is 86.2 Å². The van der Waals surface area contributed by atoms with Crippen molar-refractivity contribution < 1.29 is 14.6 Å². The van der Waals surface area contributed by atoms with Gasteiger partial charge < -0.3 is 34.6 Å². The summed E-state index contributed by atoms with van der Waals surface area (Å²) in [5, 5.41) is 13.0. The van der Waals surface area contributed by atoms with Crippen LogP contribution in [0.2, 0.25) is 0 Å². The zero-order valence-electron chi connectivity index (χ0n) is 21.9. The Labute approximate surface area is 218 Å². The summed E-state index contributed by atoms with van der Waals surface area (Å²) in [6.07, 6.45) is 1.77. The number of nitrogens with zero attached hydrogens (tertiary/aromatic N) is 5. The first-order chi connectivity index (χ1) is 18.0. The molecule has 2 aliphatic heterocycles. The van der Waals surface area contributed by atoms with Crippen LogP contribution in [0.15, 0.2) is 48.7 Å². The Hall–Kier alpha value is -3.40. The van der Waals surface area contributed by atoms with Crippen molar-refractivity contribution >= 4 is 34.5 Å². The van der Waals surface area contributed by atoms with Crippen LogP contribution in [0.5, 0.6) is 0 Å². The van der Waals surface area contributed by atoms with Crippen LogP contribution in [-0.4, -0.2) is 74.2 Å². The van der Waals surface area contributed by atoms with Crippen LogP contribution in [0.1, 0.15) is 18.1 Å². The first-order valence-electron chi connectivity index (χ1n) is 12.9. The summed E-state index contributed by atoms with van der Waals surface area (Å²) in [5.74, 6) is 1.29. The molecule has 0 amide bonds. The highest BCUT2D eigenvalue weighted by Gasteiger charge is 2.22. The molecule has 2 fully saturated rings. The highest BCUT2D eigenvalue weighted by molar-refractivity contribution is 5.72. The van der Waals surface area contributed by atoms with Crippen LogP contribution in [-0.2, 0) is 16.1 Å².